The van der Waals surface area contributed by atoms with E-state index in [0.717, 1.165) is 5.92 Å². The second-order valence-electron chi connectivity index (χ2n) is 1.55. The maximum absolute atomic E-state index is 3.57. The van der Waals surface area contributed by atoms with E-state index in [1.807, 2.05) is 13.8 Å². The van der Waals surface area contributed by atoms with Gasteiger partial charge in [-0.2, -0.15) is 0 Å². The molecule has 7 heavy (non-hydrogen) atoms. The zero-order valence-corrected chi connectivity index (χ0v) is 4.91. The lowest BCUT2D eigenvalue weighted by molar-refractivity contribution is 1.24. The Bertz CT molecular complexity index is 79.9. The van der Waals surface area contributed by atoms with Gasteiger partial charge in [0.25, 0.3) is 0 Å². The van der Waals surface area contributed by atoms with Crippen LogP contribution in [-0.2, 0) is 0 Å². The van der Waals surface area contributed by atoms with Crippen molar-refractivity contribution >= 4 is 0 Å². The molecule has 0 saturated carbocycles. The van der Waals surface area contributed by atoms with Crippen molar-refractivity contribution in [1.82, 2.24) is 0 Å². The maximum atomic E-state index is 3.57. The van der Waals surface area contributed by atoms with Crippen LogP contribution in [0.25, 0.3) is 0 Å². The fourth-order valence-corrected chi connectivity index (χ4v) is 0.239. The topological polar surface area (TPSA) is 0 Å². The molecule has 38 valence electrons. The van der Waals surface area contributed by atoms with Gasteiger partial charge in [0.15, 0.2) is 0 Å². The zero-order valence-electron chi connectivity index (χ0n) is 4.91. The maximum Gasteiger partial charge on any atom is 0.0418 e. The van der Waals surface area contributed by atoms with E-state index in [1.54, 1.807) is 0 Å². The minimum Gasteiger partial charge on any atom is -0.103 e. The van der Waals surface area contributed by atoms with Crippen molar-refractivity contribution in [3.63, 3.8) is 0 Å². The van der Waals surface area contributed by atoms with Crippen molar-refractivity contribution in [2.75, 3.05) is 0 Å². The molecule has 0 saturated heterocycles. The van der Waals surface area contributed by atoms with E-state index in [9.17, 15) is 0 Å². The van der Waals surface area contributed by atoms with Gasteiger partial charge in [0.1, 0.15) is 0 Å². The molecular weight excluding hydrogens is 84.1 g/mol. The van der Waals surface area contributed by atoms with Crippen molar-refractivity contribution in [3.05, 3.63) is 12.8 Å². The summed E-state index contributed by atoms with van der Waals surface area (Å²) >= 11 is 0. The van der Waals surface area contributed by atoms with E-state index >= 15 is 0 Å². The molecule has 0 aliphatic carbocycles. The van der Waals surface area contributed by atoms with Crippen LogP contribution in [0.4, 0.5) is 0 Å². The molecule has 0 aromatic carbocycles. The summed E-state index contributed by atoms with van der Waals surface area (Å²) in [7, 11) is 0. The molecule has 0 nitrogen and oxygen atoms in total. The molecule has 0 aliphatic rings. The van der Waals surface area contributed by atoms with Crippen molar-refractivity contribution in [2.45, 2.75) is 20.3 Å². The molecule has 0 aromatic rings. The molecule has 0 aliphatic heterocycles. The number of hydrogen-bond donors (Lipinski definition) is 0. The quantitative estimate of drug-likeness (QED) is 0.402. The Kier molecular flexibility index (Phi) is 3.50. The molecule has 0 amide bonds. The normalized spacial score (nSPS) is 8.00. The zero-order chi connectivity index (χ0) is 5.70. The first-order chi connectivity index (χ1) is 3.27. The molecule has 0 spiro atoms. The van der Waals surface area contributed by atoms with Crippen LogP contribution in [0, 0.1) is 24.7 Å². The van der Waals surface area contributed by atoms with Gasteiger partial charge in [0.05, 0.1) is 0 Å². The predicted octanol–water partition coefficient (Wildman–Crippen LogP) is 1.83. The van der Waals surface area contributed by atoms with Gasteiger partial charge in [-0.1, -0.05) is 5.92 Å². The first-order valence-electron chi connectivity index (χ1n) is 2.35. The molecule has 0 atom stereocenters. The summed E-state index contributed by atoms with van der Waals surface area (Å²) in [5, 5.41) is 0. The van der Waals surface area contributed by atoms with E-state index in [4.69, 9.17) is 0 Å². The number of hydrogen-bond acceptors (Lipinski definition) is 0. The second kappa shape index (κ2) is 3.74. The van der Waals surface area contributed by atoms with Crippen LogP contribution in [0.5, 0.6) is 0 Å². The average Bonchev–Trinajstić information content (AvgIpc) is 1.61. The van der Waals surface area contributed by atoms with Gasteiger partial charge in [0, 0.05) is 12.3 Å². The first-order valence-corrected chi connectivity index (χ1v) is 2.35. The van der Waals surface area contributed by atoms with Gasteiger partial charge >= 0.3 is 0 Å². The molecule has 0 aromatic heterocycles. The van der Waals surface area contributed by atoms with Gasteiger partial charge < -0.3 is 0 Å². The molecule has 0 rings (SSSR count). The summed E-state index contributed by atoms with van der Waals surface area (Å²) in [4.78, 5) is 0. The highest BCUT2D eigenvalue weighted by Gasteiger charge is 1.78. The highest BCUT2D eigenvalue weighted by molar-refractivity contribution is 5.16. The standard InChI is InChI=1S/C7H10/c1-4-5-6-7(2)3/h1,4H2,2-3H3. The first kappa shape index (κ1) is 6.56. The molecule has 0 heteroatoms. The molecule has 0 heterocycles. The Balaban J connectivity index is 3.24. The molecular formula is C7H10. The SMILES string of the molecule is [CH2]CC#C[C](C)C. The van der Waals surface area contributed by atoms with Crippen LogP contribution in [0.1, 0.15) is 20.3 Å². The Labute approximate surface area is 45.9 Å². The Morgan fingerprint density at radius 3 is 2.29 bits per heavy atom. The summed E-state index contributed by atoms with van der Waals surface area (Å²) < 4.78 is 0. The third-order valence-corrected chi connectivity index (χ3v) is 0.463. The van der Waals surface area contributed by atoms with E-state index < -0.39 is 0 Å². The Morgan fingerprint density at radius 2 is 2.14 bits per heavy atom. The van der Waals surface area contributed by atoms with E-state index in [0.29, 0.717) is 6.42 Å². The summed E-state index contributed by atoms with van der Waals surface area (Å²) in [5.74, 6) is 6.90. The van der Waals surface area contributed by atoms with Crippen molar-refractivity contribution in [1.29, 1.82) is 0 Å². The van der Waals surface area contributed by atoms with Crippen LogP contribution in [0.2, 0.25) is 0 Å². The largest absolute Gasteiger partial charge is 0.103 e. The van der Waals surface area contributed by atoms with Crippen LogP contribution >= 0.6 is 0 Å². The van der Waals surface area contributed by atoms with E-state index in [-0.39, 0.29) is 0 Å². The highest BCUT2D eigenvalue weighted by Crippen LogP contribution is 1.88. The van der Waals surface area contributed by atoms with E-state index in [1.165, 1.54) is 0 Å². The lowest BCUT2D eigenvalue weighted by Crippen LogP contribution is -1.72. The summed E-state index contributed by atoms with van der Waals surface area (Å²) in [5.41, 5.74) is 0. The minimum atomic E-state index is 0.713. The molecule has 2 radical (unpaired) electrons. The average molecular weight is 94.2 g/mol. The van der Waals surface area contributed by atoms with E-state index in [2.05, 4.69) is 18.8 Å². The summed E-state index contributed by atoms with van der Waals surface area (Å²) in [6.07, 6.45) is 0.713. The molecule has 0 fully saturated rings. The molecule has 0 unspecified atom stereocenters. The summed E-state index contributed by atoms with van der Waals surface area (Å²) in [6, 6.07) is 0. The van der Waals surface area contributed by atoms with Crippen LogP contribution in [-0.4, -0.2) is 0 Å². The number of rotatable bonds is 0. The molecule has 0 bridgehead atoms. The third-order valence-electron chi connectivity index (χ3n) is 0.463. The van der Waals surface area contributed by atoms with Gasteiger partial charge in [-0.15, -0.1) is 5.92 Å². The van der Waals surface area contributed by atoms with Gasteiger partial charge in [-0.3, -0.25) is 0 Å². The van der Waals surface area contributed by atoms with Gasteiger partial charge in [0.2, 0.25) is 0 Å². The fraction of sp³-hybridized carbons (Fsp3) is 0.429. The van der Waals surface area contributed by atoms with Crippen LogP contribution in [0.3, 0.4) is 0 Å². The smallest absolute Gasteiger partial charge is 0.0418 e. The van der Waals surface area contributed by atoms with Crippen LogP contribution in [0.15, 0.2) is 0 Å². The summed E-state index contributed by atoms with van der Waals surface area (Å²) in [6.45, 7) is 7.55. The van der Waals surface area contributed by atoms with Crippen molar-refractivity contribution < 1.29 is 0 Å². The lowest BCUT2D eigenvalue weighted by Gasteiger charge is -1.82. The lowest BCUT2D eigenvalue weighted by atomic mass is 10.2. The third kappa shape index (κ3) is 5.56. The minimum absolute atomic E-state index is 0.713. The highest BCUT2D eigenvalue weighted by atomic mass is 13.8. The van der Waals surface area contributed by atoms with Crippen LogP contribution < -0.4 is 0 Å². The monoisotopic (exact) mass is 94.1 g/mol. The Hall–Kier alpha value is -0.440. The molecule has 0 N–H and O–H groups in total. The fourth-order valence-electron chi connectivity index (χ4n) is 0.239. The van der Waals surface area contributed by atoms with Crippen molar-refractivity contribution in [2.24, 2.45) is 0 Å². The second-order valence-corrected chi connectivity index (χ2v) is 1.55. The van der Waals surface area contributed by atoms with Gasteiger partial charge in [-0.05, 0) is 20.8 Å². The van der Waals surface area contributed by atoms with Crippen molar-refractivity contribution in [3.8, 4) is 11.8 Å². The van der Waals surface area contributed by atoms with Gasteiger partial charge in [-0.25, -0.2) is 0 Å². The predicted molar refractivity (Wildman–Crippen MR) is 32.3 cm³/mol. The Morgan fingerprint density at radius 1 is 1.57 bits per heavy atom.